The van der Waals surface area contributed by atoms with E-state index >= 15 is 0 Å². The third-order valence-electron chi connectivity index (χ3n) is 4.37. The first-order chi connectivity index (χ1) is 12.6. The molecule has 3 N–H and O–H groups in total. The second kappa shape index (κ2) is 8.76. The van der Waals surface area contributed by atoms with Crippen LogP contribution >= 0.6 is 11.8 Å². The first kappa shape index (κ1) is 18.3. The quantitative estimate of drug-likeness (QED) is 0.795. The van der Waals surface area contributed by atoms with Crippen LogP contribution in [0, 0.1) is 0 Å². The summed E-state index contributed by atoms with van der Waals surface area (Å²) < 4.78 is 0. The lowest BCUT2D eigenvalue weighted by atomic mass is 10.1. The van der Waals surface area contributed by atoms with Gasteiger partial charge in [0.2, 0.25) is 5.91 Å². The molecule has 2 aromatic carbocycles. The zero-order valence-corrected chi connectivity index (χ0v) is 15.4. The molecule has 1 aliphatic heterocycles. The number of aryl methyl sites for hydroxylation is 1. The van der Waals surface area contributed by atoms with Gasteiger partial charge in [0.05, 0.1) is 0 Å². The Morgan fingerprint density at radius 2 is 1.85 bits per heavy atom. The normalized spacial score (nSPS) is 14.1. The molecule has 136 valence electrons. The largest absolute Gasteiger partial charge is 0.399 e. The summed E-state index contributed by atoms with van der Waals surface area (Å²) in [5.41, 5.74) is 8.84. The van der Waals surface area contributed by atoms with E-state index in [2.05, 4.69) is 5.32 Å². The molecule has 1 saturated heterocycles. The highest BCUT2D eigenvalue weighted by Crippen LogP contribution is 2.17. The van der Waals surface area contributed by atoms with Crippen LogP contribution in [0.1, 0.15) is 22.3 Å². The van der Waals surface area contributed by atoms with Crippen LogP contribution in [0.2, 0.25) is 0 Å². The van der Waals surface area contributed by atoms with Gasteiger partial charge in [0.25, 0.3) is 5.91 Å². The summed E-state index contributed by atoms with van der Waals surface area (Å²) in [6.45, 7) is 1.55. The number of nitrogens with zero attached hydrogens (tertiary/aromatic N) is 1. The Kier molecular flexibility index (Phi) is 6.17. The van der Waals surface area contributed by atoms with Crippen LogP contribution in [0.4, 0.5) is 11.4 Å². The molecule has 0 unspecified atom stereocenters. The summed E-state index contributed by atoms with van der Waals surface area (Å²) >= 11 is 1.87. The zero-order chi connectivity index (χ0) is 18.4. The van der Waals surface area contributed by atoms with Gasteiger partial charge in [-0.05, 0) is 36.2 Å². The predicted octanol–water partition coefficient (Wildman–Crippen LogP) is 3.03. The Hall–Kier alpha value is -2.47. The summed E-state index contributed by atoms with van der Waals surface area (Å²) in [4.78, 5) is 26.7. The van der Waals surface area contributed by atoms with Crippen LogP contribution in [-0.2, 0) is 11.2 Å². The van der Waals surface area contributed by atoms with Crippen LogP contribution in [0.25, 0.3) is 0 Å². The molecule has 0 bridgehead atoms. The molecule has 2 amide bonds. The Morgan fingerprint density at radius 1 is 1.08 bits per heavy atom. The van der Waals surface area contributed by atoms with Gasteiger partial charge >= 0.3 is 0 Å². The number of hydrogen-bond donors (Lipinski definition) is 2. The van der Waals surface area contributed by atoms with Gasteiger partial charge in [-0.25, -0.2) is 0 Å². The second-order valence-electron chi connectivity index (χ2n) is 6.23. The van der Waals surface area contributed by atoms with E-state index < -0.39 is 0 Å². The lowest BCUT2D eigenvalue weighted by Crippen LogP contribution is -2.37. The van der Waals surface area contributed by atoms with E-state index in [1.807, 2.05) is 40.9 Å². The summed E-state index contributed by atoms with van der Waals surface area (Å²) in [6.07, 6.45) is 0.929. The van der Waals surface area contributed by atoms with Gasteiger partial charge in [-0.1, -0.05) is 24.3 Å². The molecule has 0 aromatic heterocycles. The number of rotatable bonds is 5. The fraction of sp³-hybridized carbons (Fsp3) is 0.300. The van der Waals surface area contributed by atoms with Gasteiger partial charge < -0.3 is 16.0 Å². The van der Waals surface area contributed by atoms with Gasteiger partial charge in [-0.3, -0.25) is 9.59 Å². The number of anilines is 2. The minimum Gasteiger partial charge on any atom is -0.399 e. The van der Waals surface area contributed by atoms with Crippen molar-refractivity contribution in [2.45, 2.75) is 12.8 Å². The molecular formula is C20H23N3O2S. The van der Waals surface area contributed by atoms with Crippen LogP contribution in [-0.4, -0.2) is 41.3 Å². The number of para-hydroxylation sites is 1. The van der Waals surface area contributed by atoms with Crippen molar-refractivity contribution < 1.29 is 9.59 Å². The molecule has 3 rings (SSSR count). The molecule has 6 heteroatoms. The molecule has 0 atom stereocenters. The van der Waals surface area contributed by atoms with Crippen molar-refractivity contribution in [2.75, 3.05) is 35.6 Å². The Balaban J connectivity index is 1.58. The van der Waals surface area contributed by atoms with Gasteiger partial charge in [-0.2, -0.15) is 11.8 Å². The summed E-state index contributed by atoms with van der Waals surface area (Å²) in [7, 11) is 0. The molecular weight excluding hydrogens is 346 g/mol. The standard InChI is InChI=1S/C20H23N3O2S/c21-18-7-2-1-4-15(18)8-9-19(24)22-17-6-3-5-16(14-17)20(25)23-10-12-26-13-11-23/h1-7,14H,8-13,21H2,(H,22,24). The van der Waals surface area contributed by atoms with Crippen molar-refractivity contribution in [1.82, 2.24) is 4.90 Å². The number of nitrogen functional groups attached to an aromatic ring is 1. The van der Waals surface area contributed by atoms with E-state index in [0.717, 1.165) is 30.2 Å². The van der Waals surface area contributed by atoms with Crippen molar-refractivity contribution in [2.24, 2.45) is 0 Å². The molecule has 1 aliphatic rings. The maximum absolute atomic E-state index is 12.6. The van der Waals surface area contributed by atoms with Crippen molar-refractivity contribution >= 4 is 35.0 Å². The minimum absolute atomic E-state index is 0.0264. The molecule has 1 heterocycles. The van der Waals surface area contributed by atoms with E-state index in [0.29, 0.717) is 29.8 Å². The van der Waals surface area contributed by atoms with Crippen LogP contribution in [0.3, 0.4) is 0 Å². The average molecular weight is 369 g/mol. The number of nitrogens with one attached hydrogen (secondary N) is 1. The number of hydrogen-bond acceptors (Lipinski definition) is 4. The van der Waals surface area contributed by atoms with Gasteiger partial charge in [0.15, 0.2) is 0 Å². The zero-order valence-electron chi connectivity index (χ0n) is 14.6. The van der Waals surface area contributed by atoms with Crippen molar-refractivity contribution in [3.63, 3.8) is 0 Å². The lowest BCUT2D eigenvalue weighted by molar-refractivity contribution is -0.116. The second-order valence-corrected chi connectivity index (χ2v) is 7.46. The fourth-order valence-corrected chi connectivity index (χ4v) is 3.82. The van der Waals surface area contributed by atoms with Crippen molar-refractivity contribution in [3.8, 4) is 0 Å². The van der Waals surface area contributed by atoms with Crippen molar-refractivity contribution in [1.29, 1.82) is 0 Å². The molecule has 0 spiro atoms. The van der Waals surface area contributed by atoms with Gasteiger partial charge in [0.1, 0.15) is 0 Å². The molecule has 26 heavy (non-hydrogen) atoms. The third kappa shape index (κ3) is 4.79. The van der Waals surface area contributed by atoms with Gasteiger partial charge in [0, 0.05) is 48.0 Å². The van der Waals surface area contributed by atoms with Crippen molar-refractivity contribution in [3.05, 3.63) is 59.7 Å². The lowest BCUT2D eigenvalue weighted by Gasteiger charge is -2.26. The Bertz CT molecular complexity index is 788. The molecule has 0 radical (unpaired) electrons. The monoisotopic (exact) mass is 369 g/mol. The maximum atomic E-state index is 12.6. The smallest absolute Gasteiger partial charge is 0.253 e. The highest BCUT2D eigenvalue weighted by molar-refractivity contribution is 7.99. The van der Waals surface area contributed by atoms with E-state index in [1.54, 1.807) is 24.3 Å². The highest BCUT2D eigenvalue weighted by atomic mass is 32.2. The number of nitrogens with two attached hydrogens (primary N) is 1. The number of carbonyl (C=O) groups is 2. The summed E-state index contributed by atoms with van der Waals surface area (Å²) in [6, 6.07) is 14.7. The summed E-state index contributed by atoms with van der Waals surface area (Å²) in [5, 5.41) is 2.88. The maximum Gasteiger partial charge on any atom is 0.253 e. The average Bonchev–Trinajstić information content (AvgIpc) is 2.68. The number of carbonyl (C=O) groups excluding carboxylic acids is 2. The third-order valence-corrected chi connectivity index (χ3v) is 5.31. The highest BCUT2D eigenvalue weighted by Gasteiger charge is 2.18. The molecule has 5 nitrogen and oxygen atoms in total. The minimum atomic E-state index is -0.0905. The first-order valence-corrected chi connectivity index (χ1v) is 9.89. The van der Waals surface area contributed by atoms with Crippen LogP contribution < -0.4 is 11.1 Å². The molecule has 2 aromatic rings. The molecule has 1 fully saturated rings. The molecule has 0 saturated carbocycles. The number of amides is 2. The van der Waals surface area contributed by atoms with E-state index in [1.165, 1.54) is 0 Å². The summed E-state index contributed by atoms with van der Waals surface area (Å²) in [5.74, 6) is 1.89. The Labute approximate surface area is 157 Å². The molecule has 0 aliphatic carbocycles. The van der Waals surface area contributed by atoms with Crippen LogP contribution in [0.5, 0.6) is 0 Å². The van der Waals surface area contributed by atoms with E-state index in [9.17, 15) is 9.59 Å². The number of benzene rings is 2. The van der Waals surface area contributed by atoms with E-state index in [-0.39, 0.29) is 11.8 Å². The van der Waals surface area contributed by atoms with E-state index in [4.69, 9.17) is 5.73 Å². The van der Waals surface area contributed by atoms with Crippen LogP contribution in [0.15, 0.2) is 48.5 Å². The number of thioether (sulfide) groups is 1. The fourth-order valence-electron chi connectivity index (χ4n) is 2.91. The topological polar surface area (TPSA) is 75.4 Å². The predicted molar refractivity (Wildman–Crippen MR) is 107 cm³/mol. The first-order valence-electron chi connectivity index (χ1n) is 8.74. The SMILES string of the molecule is Nc1ccccc1CCC(=O)Nc1cccc(C(=O)N2CCSCC2)c1. The Morgan fingerprint density at radius 3 is 2.62 bits per heavy atom. The van der Waals surface area contributed by atoms with Gasteiger partial charge in [-0.15, -0.1) is 0 Å².